The molecule has 0 bridgehead atoms. The number of morpholine rings is 1. The van der Waals surface area contributed by atoms with Gasteiger partial charge in [-0.25, -0.2) is 0 Å². The van der Waals surface area contributed by atoms with Crippen LogP contribution < -0.4 is 0 Å². The quantitative estimate of drug-likeness (QED) is 0.713. The summed E-state index contributed by atoms with van der Waals surface area (Å²) in [7, 11) is -3.54. The van der Waals surface area contributed by atoms with Crippen molar-refractivity contribution in [2.75, 3.05) is 39.3 Å². The highest BCUT2D eigenvalue weighted by molar-refractivity contribution is 7.86. The molecule has 0 radical (unpaired) electrons. The van der Waals surface area contributed by atoms with Gasteiger partial charge >= 0.3 is 0 Å². The van der Waals surface area contributed by atoms with Gasteiger partial charge in [-0.1, -0.05) is 11.4 Å². The van der Waals surface area contributed by atoms with Crippen molar-refractivity contribution in [3.63, 3.8) is 0 Å². The van der Waals surface area contributed by atoms with Crippen molar-refractivity contribution in [3.8, 4) is 0 Å². The maximum absolute atomic E-state index is 12.9. The van der Waals surface area contributed by atoms with E-state index >= 15 is 0 Å². The average molecular weight is 404 g/mol. The van der Waals surface area contributed by atoms with Gasteiger partial charge in [0.2, 0.25) is 0 Å². The third-order valence-electron chi connectivity index (χ3n) is 4.65. The zero-order valence-electron chi connectivity index (χ0n) is 15.3. The second kappa shape index (κ2) is 7.85. The Balaban J connectivity index is 1.63. The number of piperazine rings is 1. The van der Waals surface area contributed by atoms with Crippen LogP contribution in [0, 0.1) is 0 Å². The van der Waals surface area contributed by atoms with Crippen molar-refractivity contribution in [3.05, 3.63) is 10.6 Å². The average Bonchev–Trinajstić information content (AvgIpc) is 3.09. The highest BCUT2D eigenvalue weighted by Gasteiger charge is 2.37. The van der Waals surface area contributed by atoms with E-state index in [4.69, 9.17) is 4.74 Å². The van der Waals surface area contributed by atoms with Gasteiger partial charge in [0.15, 0.2) is 0 Å². The van der Waals surface area contributed by atoms with Crippen LogP contribution >= 0.6 is 11.5 Å². The Morgan fingerprint density at radius 3 is 2.35 bits per heavy atom. The van der Waals surface area contributed by atoms with Crippen molar-refractivity contribution in [1.29, 1.82) is 0 Å². The van der Waals surface area contributed by atoms with Gasteiger partial charge in [0.25, 0.3) is 16.1 Å². The molecule has 1 aromatic heterocycles. The summed E-state index contributed by atoms with van der Waals surface area (Å²) in [5.74, 6) is -0.109. The third kappa shape index (κ3) is 3.91. The maximum Gasteiger partial charge on any atom is 0.282 e. The van der Waals surface area contributed by atoms with Crippen LogP contribution in [0.3, 0.4) is 0 Å². The lowest BCUT2D eigenvalue weighted by molar-refractivity contribution is -0.0457. The summed E-state index contributed by atoms with van der Waals surface area (Å²) in [6.45, 7) is 7.73. The smallest absolute Gasteiger partial charge is 0.282 e. The van der Waals surface area contributed by atoms with E-state index in [2.05, 4.69) is 9.59 Å². The fourth-order valence-electron chi connectivity index (χ4n) is 3.35. The summed E-state index contributed by atoms with van der Waals surface area (Å²) >= 11 is 1.10. The molecule has 146 valence electrons. The third-order valence-corrected chi connectivity index (χ3v) is 7.37. The Morgan fingerprint density at radius 1 is 1.15 bits per heavy atom. The number of rotatable bonds is 4. The summed E-state index contributed by atoms with van der Waals surface area (Å²) in [6.07, 6.45) is 0.407. The molecule has 0 saturated carbocycles. The van der Waals surface area contributed by atoms with Gasteiger partial charge in [-0.3, -0.25) is 4.79 Å². The predicted molar refractivity (Wildman–Crippen MR) is 97.3 cm³/mol. The number of ether oxygens (including phenoxy) is 1. The van der Waals surface area contributed by atoms with E-state index in [1.807, 2.05) is 20.8 Å². The molecular weight excluding hydrogens is 378 g/mol. The molecule has 26 heavy (non-hydrogen) atoms. The van der Waals surface area contributed by atoms with E-state index in [9.17, 15) is 13.2 Å². The summed E-state index contributed by atoms with van der Waals surface area (Å²) < 4.78 is 38.3. The number of carbonyl (C=O) groups is 1. The molecular formula is C15H25N5O4S2. The normalized spacial score (nSPS) is 26.2. The molecule has 2 aliphatic rings. The Labute approximate surface area is 158 Å². The van der Waals surface area contributed by atoms with Crippen molar-refractivity contribution in [2.45, 2.75) is 39.4 Å². The molecule has 2 atom stereocenters. The van der Waals surface area contributed by atoms with Crippen molar-refractivity contribution in [2.24, 2.45) is 0 Å². The lowest BCUT2D eigenvalue weighted by Gasteiger charge is -2.40. The topological polar surface area (TPSA) is 95.9 Å². The van der Waals surface area contributed by atoms with E-state index in [0.717, 1.165) is 11.5 Å². The predicted octanol–water partition coefficient (Wildman–Crippen LogP) is 0.212. The van der Waals surface area contributed by atoms with E-state index < -0.39 is 10.2 Å². The minimum atomic E-state index is -3.54. The number of aromatic nitrogens is 2. The van der Waals surface area contributed by atoms with Crippen molar-refractivity contribution in [1.82, 2.24) is 23.1 Å². The standard InChI is InChI=1S/C15H25N5O4S2/c1-4-13-14(25-17-16-13)15(21)18-5-7-19(8-6-18)26(22,23)20-9-11(2)24-12(3)10-20/h11-12H,4-10H2,1-3H3. The molecule has 2 aliphatic heterocycles. The van der Waals surface area contributed by atoms with Crippen LogP contribution in [0.15, 0.2) is 0 Å². The van der Waals surface area contributed by atoms with Crippen LogP contribution in [0.4, 0.5) is 0 Å². The number of amides is 1. The largest absolute Gasteiger partial charge is 0.373 e. The number of carbonyl (C=O) groups excluding carboxylic acids is 1. The van der Waals surface area contributed by atoms with Crippen LogP contribution in [-0.2, 0) is 21.4 Å². The number of nitrogens with zero attached hydrogens (tertiary/aromatic N) is 5. The molecule has 0 spiro atoms. The van der Waals surface area contributed by atoms with E-state index in [1.165, 1.54) is 8.61 Å². The summed E-state index contributed by atoms with van der Waals surface area (Å²) in [5, 5.41) is 3.98. The fraction of sp³-hybridized carbons (Fsp3) is 0.800. The lowest BCUT2D eigenvalue weighted by Crippen LogP contribution is -2.57. The van der Waals surface area contributed by atoms with Gasteiger partial charge in [-0.15, -0.1) is 5.10 Å². The number of hydrogen-bond acceptors (Lipinski definition) is 7. The minimum absolute atomic E-state index is 0.109. The molecule has 0 N–H and O–H groups in total. The molecule has 2 saturated heterocycles. The van der Waals surface area contributed by atoms with Crippen LogP contribution in [0.2, 0.25) is 0 Å². The van der Waals surface area contributed by atoms with E-state index in [0.29, 0.717) is 56.3 Å². The first-order valence-electron chi connectivity index (χ1n) is 8.84. The van der Waals surface area contributed by atoms with Gasteiger partial charge in [0, 0.05) is 39.3 Å². The van der Waals surface area contributed by atoms with Crippen molar-refractivity contribution < 1.29 is 17.9 Å². The molecule has 9 nitrogen and oxygen atoms in total. The van der Waals surface area contributed by atoms with Crippen LogP contribution in [0.1, 0.15) is 36.1 Å². The zero-order valence-corrected chi connectivity index (χ0v) is 16.9. The molecule has 2 fully saturated rings. The first-order chi connectivity index (χ1) is 12.3. The van der Waals surface area contributed by atoms with Gasteiger partial charge in [0.1, 0.15) is 4.88 Å². The highest BCUT2D eigenvalue weighted by Crippen LogP contribution is 2.20. The van der Waals surface area contributed by atoms with Gasteiger partial charge < -0.3 is 9.64 Å². The maximum atomic E-state index is 12.9. The monoisotopic (exact) mass is 403 g/mol. The minimum Gasteiger partial charge on any atom is -0.373 e. The first kappa shape index (κ1) is 19.6. The van der Waals surface area contributed by atoms with Crippen molar-refractivity contribution >= 4 is 27.6 Å². The second-order valence-electron chi connectivity index (χ2n) is 6.68. The van der Waals surface area contributed by atoms with E-state index in [-0.39, 0.29) is 18.1 Å². The zero-order chi connectivity index (χ0) is 18.9. The lowest BCUT2D eigenvalue weighted by atomic mass is 10.2. The number of aryl methyl sites for hydroxylation is 1. The Kier molecular flexibility index (Phi) is 5.92. The van der Waals surface area contributed by atoms with Crippen LogP contribution in [-0.4, -0.2) is 88.9 Å². The molecule has 3 rings (SSSR count). The highest BCUT2D eigenvalue weighted by atomic mass is 32.2. The Hall–Kier alpha value is -1.14. The van der Waals surface area contributed by atoms with E-state index in [1.54, 1.807) is 4.90 Å². The Bertz CT molecular complexity index is 735. The molecule has 0 aromatic carbocycles. The van der Waals surface area contributed by atoms with Gasteiger partial charge in [0.05, 0.1) is 17.9 Å². The second-order valence-corrected chi connectivity index (χ2v) is 9.36. The summed E-state index contributed by atoms with van der Waals surface area (Å²) in [6, 6.07) is 0. The summed E-state index contributed by atoms with van der Waals surface area (Å²) in [5.41, 5.74) is 0.700. The first-order valence-corrected chi connectivity index (χ1v) is 11.0. The molecule has 0 aliphatic carbocycles. The fourth-order valence-corrected chi connectivity index (χ4v) is 5.82. The molecule has 1 amide bonds. The molecule has 11 heteroatoms. The SMILES string of the molecule is CCc1nnsc1C(=O)N1CCN(S(=O)(=O)N2CC(C)OC(C)C2)CC1. The van der Waals surface area contributed by atoms with Crippen LogP contribution in [0.25, 0.3) is 0 Å². The number of hydrogen-bond donors (Lipinski definition) is 0. The van der Waals surface area contributed by atoms with Gasteiger partial charge in [-0.2, -0.15) is 17.0 Å². The van der Waals surface area contributed by atoms with Crippen LogP contribution in [0.5, 0.6) is 0 Å². The molecule has 2 unspecified atom stereocenters. The van der Waals surface area contributed by atoms with Gasteiger partial charge in [-0.05, 0) is 31.8 Å². The molecule has 1 aromatic rings. The molecule has 3 heterocycles. The summed E-state index contributed by atoms with van der Waals surface area (Å²) in [4.78, 5) is 14.9. The Morgan fingerprint density at radius 2 is 1.77 bits per heavy atom.